The Kier molecular flexibility index (Phi) is 4.15. The summed E-state index contributed by atoms with van der Waals surface area (Å²) in [5, 5.41) is 15.4. The van der Waals surface area contributed by atoms with Crippen molar-refractivity contribution in [2.75, 3.05) is 6.61 Å². The molecule has 1 aliphatic rings. The number of carbonyl (C=O) groups is 1. The normalized spacial score (nSPS) is 15.9. The van der Waals surface area contributed by atoms with Crippen LogP contribution in [0.15, 0.2) is 65.8 Å². The minimum Gasteiger partial charge on any atom is -0.508 e. The van der Waals surface area contributed by atoms with Crippen molar-refractivity contribution in [2.45, 2.75) is 6.10 Å². The van der Waals surface area contributed by atoms with E-state index < -0.39 is 12.0 Å². The van der Waals surface area contributed by atoms with Crippen LogP contribution in [0.25, 0.3) is 10.8 Å². The molecule has 6 heteroatoms. The number of nitrogens with zero attached hydrogens (tertiary/aromatic N) is 1. The lowest BCUT2D eigenvalue weighted by Crippen LogP contribution is -2.42. The van der Waals surface area contributed by atoms with E-state index in [4.69, 9.17) is 9.47 Å². The Bertz CT molecular complexity index is 1000. The van der Waals surface area contributed by atoms with Crippen molar-refractivity contribution in [2.24, 2.45) is 5.10 Å². The molecule has 3 aromatic carbocycles. The van der Waals surface area contributed by atoms with Crippen LogP contribution in [0.5, 0.6) is 17.2 Å². The van der Waals surface area contributed by atoms with Gasteiger partial charge in [-0.25, -0.2) is 5.43 Å². The molecule has 1 heterocycles. The molecule has 0 aliphatic carbocycles. The van der Waals surface area contributed by atoms with Gasteiger partial charge in [0.1, 0.15) is 12.4 Å². The highest BCUT2D eigenvalue weighted by Gasteiger charge is 2.27. The van der Waals surface area contributed by atoms with Gasteiger partial charge in [0.05, 0.1) is 6.21 Å². The van der Waals surface area contributed by atoms with E-state index in [0.29, 0.717) is 17.1 Å². The predicted octanol–water partition coefficient (Wildman–Crippen LogP) is 2.84. The molecule has 0 fully saturated rings. The van der Waals surface area contributed by atoms with Gasteiger partial charge >= 0.3 is 0 Å². The first-order valence-corrected chi connectivity index (χ1v) is 8.13. The molecular weight excluding hydrogens is 332 g/mol. The van der Waals surface area contributed by atoms with E-state index >= 15 is 0 Å². The molecule has 0 saturated carbocycles. The van der Waals surface area contributed by atoms with Crippen LogP contribution in [0.4, 0.5) is 0 Å². The number of carbonyl (C=O) groups excluding carboxylic acids is 1. The van der Waals surface area contributed by atoms with E-state index in [0.717, 1.165) is 10.8 Å². The zero-order valence-electron chi connectivity index (χ0n) is 13.8. The fraction of sp³-hybridized carbons (Fsp3) is 0.100. The second-order valence-electron chi connectivity index (χ2n) is 5.89. The van der Waals surface area contributed by atoms with Gasteiger partial charge in [0.25, 0.3) is 5.91 Å². The molecule has 2 N–H and O–H groups in total. The number of hydrogen-bond acceptors (Lipinski definition) is 5. The molecule has 0 bridgehead atoms. The number of fused-ring (bicyclic) bond motifs is 2. The van der Waals surface area contributed by atoms with Gasteiger partial charge in [0.2, 0.25) is 6.10 Å². The topological polar surface area (TPSA) is 80.2 Å². The fourth-order valence-electron chi connectivity index (χ4n) is 2.73. The molecule has 3 aromatic rings. The number of benzene rings is 3. The summed E-state index contributed by atoms with van der Waals surface area (Å²) in [5.74, 6) is 0.886. The molecule has 0 radical (unpaired) electrons. The van der Waals surface area contributed by atoms with Crippen molar-refractivity contribution < 1.29 is 19.4 Å². The van der Waals surface area contributed by atoms with E-state index in [1.54, 1.807) is 18.2 Å². The van der Waals surface area contributed by atoms with E-state index in [2.05, 4.69) is 10.5 Å². The Hall–Kier alpha value is -3.54. The Morgan fingerprint density at radius 1 is 1.08 bits per heavy atom. The van der Waals surface area contributed by atoms with Gasteiger partial charge in [-0.15, -0.1) is 0 Å². The van der Waals surface area contributed by atoms with Crippen molar-refractivity contribution in [3.63, 3.8) is 0 Å². The van der Waals surface area contributed by atoms with Gasteiger partial charge in [0.15, 0.2) is 11.5 Å². The molecule has 1 atom stereocenters. The zero-order valence-corrected chi connectivity index (χ0v) is 13.8. The van der Waals surface area contributed by atoms with Gasteiger partial charge < -0.3 is 14.6 Å². The van der Waals surface area contributed by atoms with Crippen LogP contribution in [-0.2, 0) is 4.79 Å². The lowest BCUT2D eigenvalue weighted by molar-refractivity contribution is -0.130. The largest absolute Gasteiger partial charge is 0.508 e. The van der Waals surface area contributed by atoms with E-state index in [9.17, 15) is 9.90 Å². The number of aromatic hydroxyl groups is 1. The molecule has 1 aliphatic heterocycles. The average molecular weight is 348 g/mol. The van der Waals surface area contributed by atoms with Crippen molar-refractivity contribution in [3.8, 4) is 17.2 Å². The molecule has 0 saturated heterocycles. The second kappa shape index (κ2) is 6.76. The number of rotatable bonds is 3. The number of amides is 1. The number of hydrazone groups is 1. The Morgan fingerprint density at radius 3 is 2.62 bits per heavy atom. The van der Waals surface area contributed by atoms with Gasteiger partial charge in [-0.2, -0.15) is 5.10 Å². The lowest BCUT2D eigenvalue weighted by Gasteiger charge is -2.25. The van der Waals surface area contributed by atoms with Crippen LogP contribution in [-0.4, -0.2) is 29.9 Å². The monoisotopic (exact) mass is 348 g/mol. The predicted molar refractivity (Wildman–Crippen MR) is 97.7 cm³/mol. The van der Waals surface area contributed by atoms with Crippen LogP contribution in [0.3, 0.4) is 0 Å². The molecule has 1 amide bonds. The summed E-state index contributed by atoms with van der Waals surface area (Å²) in [7, 11) is 0. The molecule has 26 heavy (non-hydrogen) atoms. The molecule has 1 unspecified atom stereocenters. The van der Waals surface area contributed by atoms with Crippen LogP contribution < -0.4 is 14.9 Å². The van der Waals surface area contributed by atoms with Gasteiger partial charge in [0, 0.05) is 0 Å². The Balaban J connectivity index is 1.44. The summed E-state index contributed by atoms with van der Waals surface area (Å²) in [5.41, 5.74) is 3.10. The minimum absolute atomic E-state index is 0.110. The first-order valence-electron chi connectivity index (χ1n) is 8.13. The summed E-state index contributed by atoms with van der Waals surface area (Å²) >= 11 is 0. The maximum absolute atomic E-state index is 12.2. The number of hydrogen-bond donors (Lipinski definition) is 2. The van der Waals surface area contributed by atoms with Crippen LogP contribution in [0, 0.1) is 0 Å². The van der Waals surface area contributed by atoms with Crippen LogP contribution in [0.2, 0.25) is 0 Å². The summed E-state index contributed by atoms with van der Waals surface area (Å²) in [4.78, 5) is 12.2. The quantitative estimate of drug-likeness (QED) is 0.563. The smallest absolute Gasteiger partial charge is 0.284 e. The van der Waals surface area contributed by atoms with Gasteiger partial charge in [-0.05, 0) is 40.6 Å². The Labute approximate surface area is 149 Å². The van der Waals surface area contributed by atoms with E-state index in [1.165, 1.54) is 12.3 Å². The van der Waals surface area contributed by atoms with Gasteiger partial charge in [-0.3, -0.25) is 4.79 Å². The van der Waals surface area contributed by atoms with Gasteiger partial charge in [-0.1, -0.05) is 36.4 Å². The highest BCUT2D eigenvalue weighted by Crippen LogP contribution is 2.35. The van der Waals surface area contributed by atoms with Crippen molar-refractivity contribution in [3.05, 3.63) is 66.2 Å². The molecule has 6 nitrogen and oxygen atoms in total. The number of nitrogens with one attached hydrogen (secondary N) is 1. The third-order valence-corrected chi connectivity index (χ3v) is 4.02. The number of phenolic OH excluding ortho intramolecular Hbond substituents is 1. The fourth-order valence-corrected chi connectivity index (χ4v) is 2.73. The van der Waals surface area contributed by atoms with Crippen molar-refractivity contribution in [1.29, 1.82) is 0 Å². The summed E-state index contributed by atoms with van der Waals surface area (Å²) < 4.78 is 11.4. The molecular formula is C20H16N2O4. The summed E-state index contributed by atoms with van der Waals surface area (Å²) in [6.07, 6.45) is 0.660. The van der Waals surface area contributed by atoms with Crippen LogP contribution >= 0.6 is 0 Å². The third-order valence-electron chi connectivity index (χ3n) is 4.02. The first-order chi connectivity index (χ1) is 12.7. The van der Waals surface area contributed by atoms with E-state index in [1.807, 2.05) is 36.4 Å². The first kappa shape index (κ1) is 16.0. The van der Waals surface area contributed by atoms with E-state index in [-0.39, 0.29) is 12.4 Å². The second-order valence-corrected chi connectivity index (χ2v) is 5.89. The third kappa shape index (κ3) is 3.30. The molecule has 0 spiro atoms. The average Bonchev–Trinajstić information content (AvgIpc) is 2.66. The maximum atomic E-state index is 12.2. The lowest BCUT2D eigenvalue weighted by atomic mass is 10.1. The van der Waals surface area contributed by atoms with Crippen LogP contribution in [0.1, 0.15) is 5.56 Å². The molecule has 0 aromatic heterocycles. The zero-order chi connectivity index (χ0) is 17.9. The highest BCUT2D eigenvalue weighted by molar-refractivity contribution is 5.88. The van der Waals surface area contributed by atoms with Crippen molar-refractivity contribution in [1.82, 2.24) is 5.43 Å². The highest BCUT2D eigenvalue weighted by atomic mass is 16.6. The molecule has 4 rings (SSSR count). The number of phenols is 1. The standard InChI is InChI=1S/C20H16N2O4/c23-16-7-3-4-13(8-16)11-21-22-20(24)19-12-25-17-9-14-5-1-2-6-15(14)10-18(17)26-19/h1-11,19,23H,12H2,(H,22,24). The minimum atomic E-state index is -0.787. The Morgan fingerprint density at radius 2 is 1.85 bits per heavy atom. The van der Waals surface area contributed by atoms with Crippen molar-refractivity contribution >= 4 is 22.9 Å². The summed E-state index contributed by atoms with van der Waals surface area (Å²) in [6, 6.07) is 18.2. The maximum Gasteiger partial charge on any atom is 0.284 e. The molecule has 130 valence electrons. The number of ether oxygens (including phenoxy) is 2. The summed E-state index contributed by atoms with van der Waals surface area (Å²) in [6.45, 7) is 0.110. The SMILES string of the molecule is O=C(NN=Cc1cccc(O)c1)C1COc2cc3ccccc3cc2O1.